The van der Waals surface area contributed by atoms with Crippen LogP contribution in [0.3, 0.4) is 0 Å². The zero-order valence-corrected chi connectivity index (χ0v) is 16.8. The van der Waals surface area contributed by atoms with Gasteiger partial charge in [0.15, 0.2) is 14.5 Å². The van der Waals surface area contributed by atoms with Gasteiger partial charge in [-0.2, -0.15) is 0 Å². The van der Waals surface area contributed by atoms with Crippen molar-refractivity contribution in [3.05, 3.63) is 52.4 Å². The fourth-order valence-corrected chi connectivity index (χ4v) is 5.14. The highest BCUT2D eigenvalue weighted by atomic mass is 79.9. The molecule has 2 heterocycles. The molecule has 1 aromatic carbocycles. The molecule has 6 nitrogen and oxygen atoms in total. The Labute approximate surface area is 161 Å². The molecule has 0 spiro atoms. The summed E-state index contributed by atoms with van der Waals surface area (Å²) >= 11 is 3.25. The van der Waals surface area contributed by atoms with Crippen LogP contribution < -0.4 is 4.74 Å². The van der Waals surface area contributed by atoms with E-state index in [1.165, 1.54) is 0 Å². The van der Waals surface area contributed by atoms with Crippen LogP contribution in [-0.4, -0.2) is 43.4 Å². The number of hydrogen-bond acceptors (Lipinski definition) is 5. The van der Waals surface area contributed by atoms with Crippen LogP contribution in [0.2, 0.25) is 0 Å². The lowest BCUT2D eigenvalue weighted by Gasteiger charge is -2.28. The first-order valence-electron chi connectivity index (χ1n) is 8.37. The van der Waals surface area contributed by atoms with Gasteiger partial charge in [0.05, 0.1) is 30.2 Å². The molecule has 0 aliphatic carbocycles. The lowest BCUT2D eigenvalue weighted by Crippen LogP contribution is -2.40. The minimum absolute atomic E-state index is 0.0303. The van der Waals surface area contributed by atoms with Crippen molar-refractivity contribution in [3.63, 3.8) is 0 Å². The Balaban J connectivity index is 1.93. The highest BCUT2D eigenvalue weighted by molar-refractivity contribution is 9.10. The van der Waals surface area contributed by atoms with Gasteiger partial charge in [-0.05, 0) is 53.5 Å². The summed E-state index contributed by atoms with van der Waals surface area (Å²) in [5, 5.41) is 0. The zero-order valence-electron chi connectivity index (χ0n) is 14.4. The Morgan fingerprint density at radius 3 is 2.69 bits per heavy atom. The second kappa shape index (κ2) is 7.84. The quantitative estimate of drug-likeness (QED) is 0.687. The molecule has 1 atom stereocenters. The molecule has 1 fully saturated rings. The average Bonchev–Trinajstić information content (AvgIpc) is 3.18. The Bertz CT molecular complexity index is 892. The molecule has 140 valence electrons. The van der Waals surface area contributed by atoms with Crippen LogP contribution in [0.4, 0.5) is 0 Å². The maximum Gasteiger partial charge on any atom is 0.258 e. The SMILES string of the molecule is CCOc1ccccc1C(=O)N(Cc1ccc(Br)o1)[C@@H]1CCS(=O)(=O)C1. The van der Waals surface area contributed by atoms with Crippen LogP contribution in [0.25, 0.3) is 0 Å². The standard InChI is InChI=1S/C18H20BrNO5S/c1-2-24-16-6-4-3-5-15(16)18(21)20(11-14-7-8-17(19)25-14)13-9-10-26(22,23)12-13/h3-8,13H,2,9-12H2,1H3/t13-/m1/s1. The first kappa shape index (κ1) is 19.0. The second-order valence-corrected chi connectivity index (χ2v) is 9.14. The molecule has 0 unspecified atom stereocenters. The van der Waals surface area contributed by atoms with Crippen LogP contribution in [0.15, 0.2) is 45.5 Å². The van der Waals surface area contributed by atoms with E-state index in [-0.39, 0.29) is 30.0 Å². The monoisotopic (exact) mass is 441 g/mol. The highest BCUT2D eigenvalue weighted by Crippen LogP contribution is 2.27. The number of amides is 1. The van der Waals surface area contributed by atoms with Gasteiger partial charge in [0.1, 0.15) is 11.5 Å². The summed E-state index contributed by atoms with van der Waals surface area (Å²) in [6.07, 6.45) is 0.423. The van der Waals surface area contributed by atoms with E-state index in [0.29, 0.717) is 34.8 Å². The Morgan fingerprint density at radius 1 is 1.31 bits per heavy atom. The van der Waals surface area contributed by atoms with Gasteiger partial charge < -0.3 is 14.1 Å². The summed E-state index contributed by atoms with van der Waals surface area (Å²) in [7, 11) is -3.13. The summed E-state index contributed by atoms with van der Waals surface area (Å²) < 4.78 is 35.5. The van der Waals surface area contributed by atoms with Crippen LogP contribution in [0, 0.1) is 0 Å². The van der Waals surface area contributed by atoms with E-state index >= 15 is 0 Å². The molecule has 1 amide bonds. The molecule has 1 aromatic heterocycles. The molecule has 2 aromatic rings. The maximum absolute atomic E-state index is 13.2. The van der Waals surface area contributed by atoms with Gasteiger partial charge in [-0.3, -0.25) is 4.79 Å². The lowest BCUT2D eigenvalue weighted by atomic mass is 10.1. The summed E-state index contributed by atoms with van der Waals surface area (Å²) in [6, 6.07) is 10.1. The second-order valence-electron chi connectivity index (χ2n) is 6.12. The van der Waals surface area contributed by atoms with Crippen molar-refractivity contribution in [2.75, 3.05) is 18.1 Å². The minimum atomic E-state index is -3.13. The Morgan fingerprint density at radius 2 is 2.08 bits per heavy atom. The molecule has 0 saturated carbocycles. The number of ether oxygens (including phenoxy) is 1. The number of hydrogen-bond donors (Lipinski definition) is 0. The molecule has 0 radical (unpaired) electrons. The number of nitrogens with zero attached hydrogens (tertiary/aromatic N) is 1. The van der Waals surface area contributed by atoms with Crippen molar-refractivity contribution >= 4 is 31.7 Å². The largest absolute Gasteiger partial charge is 0.493 e. The summed E-state index contributed by atoms with van der Waals surface area (Å²) in [5.74, 6) is 0.881. The van der Waals surface area contributed by atoms with Crippen LogP contribution in [-0.2, 0) is 16.4 Å². The van der Waals surface area contributed by atoms with Crippen molar-refractivity contribution in [3.8, 4) is 5.75 Å². The van der Waals surface area contributed by atoms with Gasteiger partial charge in [-0.25, -0.2) is 8.42 Å². The van der Waals surface area contributed by atoms with Gasteiger partial charge in [0.25, 0.3) is 5.91 Å². The first-order valence-corrected chi connectivity index (χ1v) is 11.0. The van der Waals surface area contributed by atoms with E-state index < -0.39 is 9.84 Å². The van der Waals surface area contributed by atoms with Crippen LogP contribution in [0.5, 0.6) is 5.75 Å². The van der Waals surface area contributed by atoms with Gasteiger partial charge in [0.2, 0.25) is 0 Å². The van der Waals surface area contributed by atoms with Gasteiger partial charge in [-0.15, -0.1) is 0 Å². The predicted molar refractivity (Wildman–Crippen MR) is 101 cm³/mol. The molecule has 3 rings (SSSR count). The third kappa shape index (κ3) is 4.29. The highest BCUT2D eigenvalue weighted by Gasteiger charge is 2.36. The van der Waals surface area contributed by atoms with E-state index in [0.717, 1.165) is 0 Å². The van der Waals surface area contributed by atoms with Crippen molar-refractivity contribution in [2.24, 2.45) is 0 Å². The fraction of sp³-hybridized carbons (Fsp3) is 0.389. The summed E-state index contributed by atoms with van der Waals surface area (Å²) in [5.41, 5.74) is 0.421. The smallest absolute Gasteiger partial charge is 0.258 e. The molecule has 0 N–H and O–H groups in total. The zero-order chi connectivity index (χ0) is 18.7. The van der Waals surface area contributed by atoms with Crippen molar-refractivity contribution in [1.82, 2.24) is 4.90 Å². The number of carbonyl (C=O) groups excluding carboxylic acids is 1. The molecule has 1 aliphatic rings. The number of carbonyl (C=O) groups is 1. The van der Waals surface area contributed by atoms with Crippen molar-refractivity contribution in [1.29, 1.82) is 0 Å². The van der Waals surface area contributed by atoms with Gasteiger partial charge in [0, 0.05) is 6.04 Å². The number of sulfone groups is 1. The van der Waals surface area contributed by atoms with Crippen LogP contribution in [0.1, 0.15) is 29.5 Å². The van der Waals surface area contributed by atoms with Crippen LogP contribution >= 0.6 is 15.9 Å². The molecular formula is C18H20BrNO5S. The third-order valence-corrected chi connectivity index (χ3v) is 6.46. The van der Waals surface area contributed by atoms with E-state index in [1.54, 1.807) is 41.3 Å². The summed E-state index contributed by atoms with van der Waals surface area (Å²) in [6.45, 7) is 2.49. The molecule has 0 bridgehead atoms. The summed E-state index contributed by atoms with van der Waals surface area (Å²) in [4.78, 5) is 14.8. The van der Waals surface area contributed by atoms with E-state index in [4.69, 9.17) is 9.15 Å². The topological polar surface area (TPSA) is 76.8 Å². The van der Waals surface area contributed by atoms with Crippen molar-refractivity contribution < 1.29 is 22.4 Å². The maximum atomic E-state index is 13.2. The third-order valence-electron chi connectivity index (χ3n) is 4.28. The average molecular weight is 442 g/mol. The molecule has 8 heteroatoms. The van der Waals surface area contributed by atoms with E-state index in [9.17, 15) is 13.2 Å². The molecule has 26 heavy (non-hydrogen) atoms. The fourth-order valence-electron chi connectivity index (χ4n) is 3.07. The molecular weight excluding hydrogens is 422 g/mol. The Kier molecular flexibility index (Phi) is 5.72. The number of halogens is 1. The predicted octanol–water partition coefficient (Wildman–Crippen LogP) is 3.27. The molecule has 1 saturated heterocycles. The van der Waals surface area contributed by atoms with Gasteiger partial charge >= 0.3 is 0 Å². The van der Waals surface area contributed by atoms with Gasteiger partial charge in [-0.1, -0.05) is 12.1 Å². The van der Waals surface area contributed by atoms with Crippen molar-refractivity contribution in [2.45, 2.75) is 25.9 Å². The number of benzene rings is 1. The normalized spacial score (nSPS) is 18.6. The number of para-hydroxylation sites is 1. The number of furan rings is 1. The molecule has 1 aliphatic heterocycles. The van der Waals surface area contributed by atoms with E-state index in [2.05, 4.69) is 15.9 Å². The van der Waals surface area contributed by atoms with E-state index in [1.807, 2.05) is 6.92 Å². The number of rotatable bonds is 6. The first-order chi connectivity index (χ1) is 12.4. The lowest BCUT2D eigenvalue weighted by molar-refractivity contribution is 0.0661. The Hall–Kier alpha value is -1.80. The minimum Gasteiger partial charge on any atom is -0.493 e.